The molecule has 0 rings (SSSR count). The zero-order chi connectivity index (χ0) is 30.9. The van der Waals surface area contributed by atoms with E-state index in [0.29, 0.717) is 12.8 Å². The minimum atomic E-state index is -1.13. The Morgan fingerprint density at radius 1 is 0.500 bits per heavy atom. The molecule has 4 N–H and O–H groups in total. The molecule has 0 aliphatic rings. The summed E-state index contributed by atoms with van der Waals surface area (Å²) in [5.74, 6) is -0.143. The highest BCUT2D eigenvalue weighted by atomic mass is 16.3. The normalized spacial score (nSPS) is 13.7. The van der Waals surface area contributed by atoms with Gasteiger partial charge in [0, 0.05) is 6.42 Å². The van der Waals surface area contributed by atoms with E-state index < -0.39 is 18.2 Å². The average molecular weight is 598 g/mol. The second kappa shape index (κ2) is 33.2. The standard InChI is InChI=1S/C37H75NO4/c1-3-5-7-9-11-13-15-16-17-18-19-20-22-24-26-28-30-32-36(41)38-34(33-39)37(42)35(40)31-29-27-25-23-21-14-12-10-8-6-4-2/h34-35,37,39-40,42H,3-33H2,1-2H3,(H,38,41)/t34-,35+,37-/m0/s1. The second-order valence-corrected chi connectivity index (χ2v) is 13.1. The Bertz CT molecular complexity index is 544. The Kier molecular flexibility index (Phi) is 32.7. The smallest absolute Gasteiger partial charge is 0.220 e. The van der Waals surface area contributed by atoms with Crippen LogP contribution in [0.1, 0.15) is 206 Å². The van der Waals surface area contributed by atoms with Crippen molar-refractivity contribution < 1.29 is 20.1 Å². The van der Waals surface area contributed by atoms with Gasteiger partial charge >= 0.3 is 0 Å². The summed E-state index contributed by atoms with van der Waals surface area (Å²) in [7, 11) is 0. The topological polar surface area (TPSA) is 89.8 Å². The molecule has 0 heterocycles. The molecule has 0 aromatic rings. The summed E-state index contributed by atoms with van der Waals surface area (Å²) in [4.78, 5) is 12.3. The van der Waals surface area contributed by atoms with Crippen molar-refractivity contribution in [1.82, 2.24) is 5.32 Å². The quantitative estimate of drug-likeness (QED) is 0.0556. The molecular formula is C37H75NO4. The van der Waals surface area contributed by atoms with Gasteiger partial charge in [0.15, 0.2) is 0 Å². The van der Waals surface area contributed by atoms with Crippen LogP contribution in [-0.2, 0) is 4.79 Å². The Morgan fingerprint density at radius 2 is 0.810 bits per heavy atom. The minimum absolute atomic E-state index is 0.143. The Hall–Kier alpha value is -0.650. The molecule has 1 amide bonds. The van der Waals surface area contributed by atoms with E-state index in [2.05, 4.69) is 19.2 Å². The molecule has 5 nitrogen and oxygen atoms in total. The third kappa shape index (κ3) is 28.1. The van der Waals surface area contributed by atoms with Crippen LogP contribution in [-0.4, -0.2) is 46.1 Å². The summed E-state index contributed by atoms with van der Waals surface area (Å²) < 4.78 is 0. The fourth-order valence-electron chi connectivity index (χ4n) is 5.99. The molecule has 0 fully saturated rings. The molecule has 0 aliphatic heterocycles. The van der Waals surface area contributed by atoms with Gasteiger partial charge in [-0.25, -0.2) is 0 Å². The summed E-state index contributed by atoms with van der Waals surface area (Å²) >= 11 is 0. The van der Waals surface area contributed by atoms with Gasteiger partial charge in [-0.15, -0.1) is 0 Å². The SMILES string of the molecule is CCCCCCCCCCCCCCCCCCCC(=O)N[C@@H](CO)[C@H](O)[C@H](O)CCCCCCCCCCCCC. The van der Waals surface area contributed by atoms with Crippen molar-refractivity contribution in [2.45, 2.75) is 225 Å². The first kappa shape index (κ1) is 41.4. The highest BCUT2D eigenvalue weighted by molar-refractivity contribution is 5.76. The van der Waals surface area contributed by atoms with Crippen molar-refractivity contribution in [2.24, 2.45) is 0 Å². The summed E-state index contributed by atoms with van der Waals surface area (Å²) in [6.45, 7) is 4.17. The van der Waals surface area contributed by atoms with Crippen LogP contribution < -0.4 is 5.32 Å². The molecule has 42 heavy (non-hydrogen) atoms. The van der Waals surface area contributed by atoms with Gasteiger partial charge in [-0.2, -0.15) is 0 Å². The molecular weight excluding hydrogens is 522 g/mol. The van der Waals surface area contributed by atoms with E-state index in [4.69, 9.17) is 0 Å². The van der Waals surface area contributed by atoms with Gasteiger partial charge in [0.1, 0.15) is 6.10 Å². The van der Waals surface area contributed by atoms with Crippen LogP contribution in [0.4, 0.5) is 0 Å². The highest BCUT2D eigenvalue weighted by Crippen LogP contribution is 2.16. The molecule has 0 aromatic carbocycles. The Morgan fingerprint density at radius 3 is 1.14 bits per heavy atom. The maximum Gasteiger partial charge on any atom is 0.220 e. The van der Waals surface area contributed by atoms with E-state index in [9.17, 15) is 20.1 Å². The number of carbonyl (C=O) groups is 1. The van der Waals surface area contributed by atoms with E-state index in [1.54, 1.807) is 0 Å². The van der Waals surface area contributed by atoms with Crippen molar-refractivity contribution in [1.29, 1.82) is 0 Å². The number of amides is 1. The second-order valence-electron chi connectivity index (χ2n) is 13.1. The zero-order valence-electron chi connectivity index (χ0n) is 28.4. The van der Waals surface area contributed by atoms with Gasteiger partial charge in [0.2, 0.25) is 5.91 Å². The first-order valence-electron chi connectivity index (χ1n) is 18.8. The molecule has 5 heteroatoms. The lowest BCUT2D eigenvalue weighted by Gasteiger charge is -2.26. The fraction of sp³-hybridized carbons (Fsp3) is 0.973. The molecule has 0 unspecified atom stereocenters. The van der Waals surface area contributed by atoms with E-state index in [1.165, 1.54) is 141 Å². The minimum Gasteiger partial charge on any atom is -0.394 e. The molecule has 0 radical (unpaired) electrons. The van der Waals surface area contributed by atoms with Gasteiger partial charge in [-0.3, -0.25) is 4.79 Å². The third-order valence-corrected chi connectivity index (χ3v) is 8.96. The van der Waals surface area contributed by atoms with Gasteiger partial charge in [0.25, 0.3) is 0 Å². The Labute approximate surface area is 262 Å². The predicted molar refractivity (Wildman–Crippen MR) is 181 cm³/mol. The van der Waals surface area contributed by atoms with Crippen LogP contribution in [0.5, 0.6) is 0 Å². The summed E-state index contributed by atoms with van der Waals surface area (Å²) in [5.41, 5.74) is 0. The van der Waals surface area contributed by atoms with Gasteiger partial charge in [0.05, 0.1) is 18.8 Å². The summed E-state index contributed by atoms with van der Waals surface area (Å²) in [6, 6.07) is -0.800. The van der Waals surface area contributed by atoms with Crippen molar-refractivity contribution in [3.05, 3.63) is 0 Å². The van der Waals surface area contributed by atoms with Crippen molar-refractivity contribution in [3.8, 4) is 0 Å². The molecule has 0 spiro atoms. The monoisotopic (exact) mass is 598 g/mol. The number of aliphatic hydroxyl groups is 3. The van der Waals surface area contributed by atoms with Crippen LogP contribution in [0.3, 0.4) is 0 Å². The summed E-state index contributed by atoms with van der Waals surface area (Å²) in [5, 5.41) is 33.3. The molecule has 0 saturated heterocycles. The van der Waals surface area contributed by atoms with Gasteiger partial charge < -0.3 is 20.6 Å². The van der Waals surface area contributed by atoms with E-state index in [1.807, 2.05) is 0 Å². The molecule has 3 atom stereocenters. The number of unbranched alkanes of at least 4 members (excludes halogenated alkanes) is 26. The van der Waals surface area contributed by atoms with E-state index in [-0.39, 0.29) is 12.5 Å². The molecule has 0 bridgehead atoms. The van der Waals surface area contributed by atoms with Crippen LogP contribution in [0.2, 0.25) is 0 Å². The van der Waals surface area contributed by atoms with Crippen LogP contribution in [0, 0.1) is 0 Å². The predicted octanol–water partition coefficient (Wildman–Crippen LogP) is 9.93. The molecule has 0 aromatic heterocycles. The lowest BCUT2D eigenvalue weighted by molar-refractivity contribution is -0.124. The van der Waals surface area contributed by atoms with Crippen LogP contribution in [0.15, 0.2) is 0 Å². The van der Waals surface area contributed by atoms with Crippen LogP contribution in [0.25, 0.3) is 0 Å². The molecule has 0 saturated carbocycles. The zero-order valence-corrected chi connectivity index (χ0v) is 28.4. The van der Waals surface area contributed by atoms with Crippen molar-refractivity contribution in [2.75, 3.05) is 6.61 Å². The maximum absolute atomic E-state index is 12.3. The number of aliphatic hydroxyl groups excluding tert-OH is 3. The van der Waals surface area contributed by atoms with Gasteiger partial charge in [-0.1, -0.05) is 187 Å². The highest BCUT2D eigenvalue weighted by Gasteiger charge is 2.26. The molecule has 252 valence electrons. The van der Waals surface area contributed by atoms with Gasteiger partial charge in [-0.05, 0) is 12.8 Å². The fourth-order valence-corrected chi connectivity index (χ4v) is 5.99. The largest absolute Gasteiger partial charge is 0.394 e. The summed E-state index contributed by atoms with van der Waals surface area (Å²) in [6.07, 6.45) is 34.8. The molecule has 0 aliphatic carbocycles. The number of nitrogens with one attached hydrogen (secondary N) is 1. The van der Waals surface area contributed by atoms with E-state index in [0.717, 1.165) is 38.5 Å². The maximum atomic E-state index is 12.3. The first-order valence-corrected chi connectivity index (χ1v) is 18.8. The van der Waals surface area contributed by atoms with Crippen LogP contribution >= 0.6 is 0 Å². The van der Waals surface area contributed by atoms with Crippen molar-refractivity contribution >= 4 is 5.91 Å². The number of rotatable bonds is 34. The third-order valence-electron chi connectivity index (χ3n) is 8.96. The number of hydrogen-bond acceptors (Lipinski definition) is 4. The lowest BCUT2D eigenvalue weighted by Crippen LogP contribution is -2.50. The lowest BCUT2D eigenvalue weighted by atomic mass is 9.99. The number of carbonyl (C=O) groups excluding carboxylic acids is 1. The Balaban J connectivity index is 3.63. The average Bonchev–Trinajstić information content (AvgIpc) is 2.99. The van der Waals surface area contributed by atoms with Crippen molar-refractivity contribution in [3.63, 3.8) is 0 Å². The van der Waals surface area contributed by atoms with E-state index >= 15 is 0 Å². The number of hydrogen-bond donors (Lipinski definition) is 4. The first-order chi connectivity index (χ1) is 20.6.